The number of carbonyl (C=O) groups excluding carboxylic acids is 1. The minimum absolute atomic E-state index is 0.0581. The van der Waals surface area contributed by atoms with Crippen molar-refractivity contribution in [2.24, 2.45) is 0 Å². The SMILES string of the molecule is CNc1ncnc2c1ncn2-c1ccc(NC(=O)Nc2ccc(CCCN(C)C)c(C(F)(F)F)c2)cc1. The fourth-order valence-corrected chi connectivity index (χ4v) is 3.93. The molecule has 37 heavy (non-hydrogen) atoms. The molecule has 12 heteroatoms. The molecule has 0 saturated heterocycles. The van der Waals surface area contributed by atoms with E-state index in [0.717, 1.165) is 11.8 Å². The molecule has 2 aromatic carbocycles. The number of nitrogens with one attached hydrogen (secondary N) is 3. The van der Waals surface area contributed by atoms with Crippen molar-refractivity contribution in [3.05, 3.63) is 66.2 Å². The normalized spacial score (nSPS) is 11.6. The molecule has 4 rings (SSSR count). The summed E-state index contributed by atoms with van der Waals surface area (Å²) < 4.78 is 42.7. The van der Waals surface area contributed by atoms with E-state index in [0.29, 0.717) is 42.1 Å². The first-order valence-electron chi connectivity index (χ1n) is 11.5. The molecule has 0 aliphatic rings. The Bertz CT molecular complexity index is 1380. The number of urea groups is 1. The Hall–Kier alpha value is -4.19. The van der Waals surface area contributed by atoms with Crippen molar-refractivity contribution >= 4 is 34.4 Å². The maximum Gasteiger partial charge on any atom is 0.416 e. The van der Waals surface area contributed by atoms with E-state index in [1.54, 1.807) is 42.2 Å². The van der Waals surface area contributed by atoms with E-state index in [1.165, 1.54) is 18.5 Å². The van der Waals surface area contributed by atoms with Gasteiger partial charge in [0, 0.05) is 24.1 Å². The number of anilines is 3. The predicted octanol–water partition coefficient (Wildman–Crippen LogP) is 5.01. The Kier molecular flexibility index (Phi) is 7.58. The summed E-state index contributed by atoms with van der Waals surface area (Å²) in [6, 6.07) is 10.1. The fourth-order valence-electron chi connectivity index (χ4n) is 3.93. The fraction of sp³-hybridized carbons (Fsp3) is 0.280. The molecule has 9 nitrogen and oxygen atoms in total. The van der Waals surface area contributed by atoms with Gasteiger partial charge < -0.3 is 20.9 Å². The predicted molar refractivity (Wildman–Crippen MR) is 137 cm³/mol. The molecule has 2 aromatic heterocycles. The van der Waals surface area contributed by atoms with E-state index in [1.807, 2.05) is 19.0 Å². The summed E-state index contributed by atoms with van der Waals surface area (Å²) in [7, 11) is 5.49. The van der Waals surface area contributed by atoms with E-state index in [4.69, 9.17) is 0 Å². The highest BCUT2D eigenvalue weighted by Gasteiger charge is 2.33. The van der Waals surface area contributed by atoms with Crippen molar-refractivity contribution in [1.29, 1.82) is 0 Å². The van der Waals surface area contributed by atoms with E-state index < -0.39 is 17.8 Å². The molecule has 0 aliphatic carbocycles. The summed E-state index contributed by atoms with van der Waals surface area (Å²) in [5.74, 6) is 0.606. The molecule has 0 unspecified atom stereocenters. The van der Waals surface area contributed by atoms with E-state index in [2.05, 4.69) is 30.9 Å². The van der Waals surface area contributed by atoms with Gasteiger partial charge >= 0.3 is 12.2 Å². The van der Waals surface area contributed by atoms with Crippen LogP contribution in [-0.2, 0) is 12.6 Å². The van der Waals surface area contributed by atoms with Crippen LogP contribution in [0.25, 0.3) is 16.9 Å². The van der Waals surface area contributed by atoms with E-state index in [9.17, 15) is 18.0 Å². The average Bonchev–Trinajstić information content (AvgIpc) is 3.29. The molecule has 2 heterocycles. The number of aryl methyl sites for hydroxylation is 1. The maximum absolute atomic E-state index is 13.6. The Morgan fingerprint density at radius 2 is 1.70 bits per heavy atom. The minimum Gasteiger partial charge on any atom is -0.371 e. The Balaban J connectivity index is 1.44. The van der Waals surface area contributed by atoms with Gasteiger partial charge in [-0.15, -0.1) is 0 Å². The van der Waals surface area contributed by atoms with Crippen molar-refractivity contribution < 1.29 is 18.0 Å². The molecule has 0 spiro atoms. The van der Waals surface area contributed by atoms with Gasteiger partial charge in [-0.1, -0.05) is 6.07 Å². The van der Waals surface area contributed by atoms with Gasteiger partial charge in [0.25, 0.3) is 0 Å². The summed E-state index contributed by atoms with van der Waals surface area (Å²) in [5.41, 5.74) is 1.97. The van der Waals surface area contributed by atoms with Crippen molar-refractivity contribution in [1.82, 2.24) is 24.4 Å². The number of carbonyl (C=O) groups is 1. The van der Waals surface area contributed by atoms with Gasteiger partial charge in [-0.2, -0.15) is 13.2 Å². The van der Waals surface area contributed by atoms with Crippen LogP contribution >= 0.6 is 0 Å². The van der Waals surface area contributed by atoms with Crippen LogP contribution in [0.2, 0.25) is 0 Å². The third kappa shape index (κ3) is 6.15. The van der Waals surface area contributed by atoms with Gasteiger partial charge in [-0.3, -0.25) is 4.57 Å². The molecule has 0 atom stereocenters. The van der Waals surface area contributed by atoms with Gasteiger partial charge in [-0.25, -0.2) is 19.7 Å². The largest absolute Gasteiger partial charge is 0.416 e. The summed E-state index contributed by atoms with van der Waals surface area (Å²) in [4.78, 5) is 27.2. The molecule has 4 aromatic rings. The number of halogens is 3. The first kappa shape index (κ1) is 25.9. The second-order valence-corrected chi connectivity index (χ2v) is 8.66. The quantitative estimate of drug-likeness (QED) is 0.307. The number of amides is 2. The van der Waals surface area contributed by atoms with Crippen LogP contribution in [0.1, 0.15) is 17.5 Å². The van der Waals surface area contributed by atoms with Crippen LogP contribution in [0.4, 0.5) is 35.2 Å². The lowest BCUT2D eigenvalue weighted by molar-refractivity contribution is -0.138. The molecular formula is C25H27F3N8O. The number of hydrogen-bond acceptors (Lipinski definition) is 6. The molecule has 0 radical (unpaired) electrons. The smallest absolute Gasteiger partial charge is 0.371 e. The molecule has 0 bridgehead atoms. The zero-order valence-corrected chi connectivity index (χ0v) is 20.6. The van der Waals surface area contributed by atoms with Crippen molar-refractivity contribution in [3.8, 4) is 5.69 Å². The number of nitrogens with zero attached hydrogens (tertiary/aromatic N) is 5. The lowest BCUT2D eigenvalue weighted by Crippen LogP contribution is -2.20. The van der Waals surface area contributed by atoms with Gasteiger partial charge in [0.2, 0.25) is 0 Å². The van der Waals surface area contributed by atoms with E-state index in [-0.39, 0.29) is 11.3 Å². The van der Waals surface area contributed by atoms with Crippen LogP contribution in [0.3, 0.4) is 0 Å². The zero-order valence-electron chi connectivity index (χ0n) is 20.6. The summed E-state index contributed by atoms with van der Waals surface area (Å²) in [6.45, 7) is 0.681. The standard InChI is InChI=1S/C25H27F3N8O/c1-29-22-21-23(31-14-30-22)36(15-32-21)19-10-8-17(9-11-19)33-24(37)34-18-7-6-16(5-4-12-35(2)3)20(13-18)25(26,27)28/h6-11,13-15H,4-5,12H2,1-3H3,(H,29,30,31)(H2,33,34,37). The van der Waals surface area contributed by atoms with Crippen LogP contribution < -0.4 is 16.0 Å². The van der Waals surface area contributed by atoms with Gasteiger partial charge in [0.15, 0.2) is 17.0 Å². The number of alkyl halides is 3. The molecular weight excluding hydrogens is 485 g/mol. The lowest BCUT2D eigenvalue weighted by Gasteiger charge is -2.16. The minimum atomic E-state index is -4.52. The second-order valence-electron chi connectivity index (χ2n) is 8.66. The average molecular weight is 513 g/mol. The van der Waals surface area contributed by atoms with Gasteiger partial charge in [0.1, 0.15) is 12.7 Å². The van der Waals surface area contributed by atoms with Crippen LogP contribution in [0.15, 0.2) is 55.1 Å². The molecule has 2 amide bonds. The topological polar surface area (TPSA) is 100 Å². The number of aromatic nitrogens is 4. The summed E-state index contributed by atoms with van der Waals surface area (Å²) >= 11 is 0. The first-order valence-corrected chi connectivity index (χ1v) is 11.5. The third-order valence-electron chi connectivity index (χ3n) is 5.70. The maximum atomic E-state index is 13.6. The number of imidazole rings is 1. The zero-order chi connectivity index (χ0) is 26.6. The Labute approximate surface area is 211 Å². The Morgan fingerprint density at radius 1 is 1.00 bits per heavy atom. The molecule has 0 aliphatic heterocycles. The number of rotatable bonds is 8. The molecule has 194 valence electrons. The summed E-state index contributed by atoms with van der Waals surface area (Å²) in [6.07, 6.45) is -0.573. The van der Waals surface area contributed by atoms with Crippen LogP contribution in [0, 0.1) is 0 Å². The second kappa shape index (κ2) is 10.8. The van der Waals surface area contributed by atoms with Crippen molar-refractivity contribution in [2.75, 3.05) is 43.6 Å². The third-order valence-corrected chi connectivity index (χ3v) is 5.70. The number of fused-ring (bicyclic) bond motifs is 1. The highest BCUT2D eigenvalue weighted by Crippen LogP contribution is 2.34. The monoisotopic (exact) mass is 512 g/mol. The van der Waals surface area contributed by atoms with Crippen LogP contribution in [-0.4, -0.2) is 58.1 Å². The number of hydrogen-bond donors (Lipinski definition) is 3. The van der Waals surface area contributed by atoms with Crippen molar-refractivity contribution in [3.63, 3.8) is 0 Å². The molecule has 3 N–H and O–H groups in total. The Morgan fingerprint density at radius 3 is 2.38 bits per heavy atom. The van der Waals surface area contributed by atoms with Crippen LogP contribution in [0.5, 0.6) is 0 Å². The van der Waals surface area contributed by atoms with Crippen molar-refractivity contribution in [2.45, 2.75) is 19.0 Å². The molecule has 0 fully saturated rings. The lowest BCUT2D eigenvalue weighted by atomic mass is 10.0. The first-order chi connectivity index (χ1) is 17.7. The highest BCUT2D eigenvalue weighted by molar-refractivity contribution is 5.99. The molecule has 0 saturated carbocycles. The highest BCUT2D eigenvalue weighted by atomic mass is 19.4. The van der Waals surface area contributed by atoms with Gasteiger partial charge in [-0.05, 0) is 75.4 Å². The number of benzene rings is 2. The summed E-state index contributed by atoms with van der Waals surface area (Å²) in [5, 5.41) is 8.09. The van der Waals surface area contributed by atoms with E-state index >= 15 is 0 Å². The van der Waals surface area contributed by atoms with Gasteiger partial charge in [0.05, 0.1) is 5.56 Å².